The summed E-state index contributed by atoms with van der Waals surface area (Å²) >= 11 is 0. The first-order valence-corrected chi connectivity index (χ1v) is 12.7. The molecule has 2 heterocycles. The minimum Gasteiger partial charge on any atom is -0.494 e. The van der Waals surface area contributed by atoms with Gasteiger partial charge in [0.15, 0.2) is 0 Å². The number of nitrogens with two attached hydrogens (primary N) is 1. The first kappa shape index (κ1) is 24.5. The van der Waals surface area contributed by atoms with E-state index in [1.165, 1.54) is 23.0 Å². The van der Waals surface area contributed by atoms with Gasteiger partial charge in [-0.05, 0) is 77.1 Å². The fraction of sp³-hybridized carbons (Fsp3) is 0.161. The highest BCUT2D eigenvalue weighted by molar-refractivity contribution is 6.00. The molecule has 0 saturated carbocycles. The molecule has 8 heteroatoms. The molecule has 6 rings (SSSR count). The molecule has 194 valence electrons. The topological polar surface area (TPSA) is 100 Å². The Morgan fingerprint density at radius 1 is 1.08 bits per heavy atom. The number of hydrogen-bond donors (Lipinski definition) is 1. The molecule has 2 aromatic heterocycles. The van der Waals surface area contributed by atoms with E-state index in [2.05, 4.69) is 16.9 Å². The summed E-state index contributed by atoms with van der Waals surface area (Å²) in [6.45, 7) is 4.59. The van der Waals surface area contributed by atoms with Crippen LogP contribution < -0.4 is 16.0 Å². The Balaban J connectivity index is 1.54. The normalized spacial score (nSPS) is 11.9. The zero-order valence-corrected chi connectivity index (χ0v) is 21.5. The van der Waals surface area contributed by atoms with Gasteiger partial charge in [0, 0.05) is 18.2 Å². The molecule has 1 amide bonds. The molecular formula is C31H25FN4O3. The Bertz CT molecular complexity index is 1860. The van der Waals surface area contributed by atoms with Gasteiger partial charge in [0.1, 0.15) is 29.1 Å². The Hall–Kier alpha value is -4.85. The third kappa shape index (κ3) is 3.96. The highest BCUT2D eigenvalue weighted by atomic mass is 19.1. The van der Waals surface area contributed by atoms with E-state index in [-0.39, 0.29) is 22.2 Å². The molecule has 1 aliphatic rings. The number of para-hydroxylation sites is 1. The molecule has 0 fully saturated rings. The van der Waals surface area contributed by atoms with Crippen molar-refractivity contribution < 1.29 is 13.9 Å². The fourth-order valence-electron chi connectivity index (χ4n) is 5.37. The number of amides is 1. The van der Waals surface area contributed by atoms with Crippen molar-refractivity contribution in [3.63, 3.8) is 0 Å². The van der Waals surface area contributed by atoms with Gasteiger partial charge in [0.2, 0.25) is 0 Å². The van der Waals surface area contributed by atoms with Gasteiger partial charge < -0.3 is 10.5 Å². The number of fused-ring (bicyclic) bond motifs is 4. The number of nitrogens with zero attached hydrogens (tertiary/aromatic N) is 3. The Labute approximate surface area is 223 Å². The minimum atomic E-state index is -0.584. The molecule has 0 bridgehead atoms. The van der Waals surface area contributed by atoms with E-state index < -0.39 is 11.7 Å². The third-order valence-corrected chi connectivity index (χ3v) is 7.19. The highest BCUT2D eigenvalue weighted by Gasteiger charge is 2.29. The van der Waals surface area contributed by atoms with E-state index in [9.17, 15) is 14.0 Å². The summed E-state index contributed by atoms with van der Waals surface area (Å²) in [5.41, 5.74) is 12.4. The third-order valence-electron chi connectivity index (χ3n) is 7.19. The SMILES string of the molecule is CCCOc1ccc2c(c1)Cc1c(C(N)=O)ncc(-c3cccc(-n4cnc5c(F)cccc5c4=O)c3C)c1-2. The lowest BCUT2D eigenvalue weighted by Crippen LogP contribution is -2.20. The average molecular weight is 521 g/mol. The zero-order valence-electron chi connectivity index (χ0n) is 21.5. The van der Waals surface area contributed by atoms with Crippen LogP contribution in [-0.4, -0.2) is 27.0 Å². The number of carbonyl (C=O) groups is 1. The first-order valence-electron chi connectivity index (χ1n) is 12.7. The van der Waals surface area contributed by atoms with Gasteiger partial charge in [-0.25, -0.2) is 9.37 Å². The van der Waals surface area contributed by atoms with Gasteiger partial charge in [0.05, 0.1) is 17.7 Å². The van der Waals surface area contributed by atoms with Crippen LogP contribution in [0.15, 0.2) is 71.9 Å². The Morgan fingerprint density at radius 3 is 2.69 bits per heavy atom. The van der Waals surface area contributed by atoms with Crippen molar-refractivity contribution in [2.24, 2.45) is 5.73 Å². The van der Waals surface area contributed by atoms with Gasteiger partial charge in [0.25, 0.3) is 11.5 Å². The van der Waals surface area contributed by atoms with Crippen molar-refractivity contribution in [2.45, 2.75) is 26.7 Å². The molecule has 39 heavy (non-hydrogen) atoms. The van der Waals surface area contributed by atoms with Crippen molar-refractivity contribution in [3.8, 4) is 33.7 Å². The van der Waals surface area contributed by atoms with E-state index in [1.807, 2.05) is 43.3 Å². The summed E-state index contributed by atoms with van der Waals surface area (Å²) < 4.78 is 21.5. The largest absolute Gasteiger partial charge is 0.494 e. The van der Waals surface area contributed by atoms with Crippen molar-refractivity contribution in [1.82, 2.24) is 14.5 Å². The molecule has 5 aromatic rings. The maximum absolute atomic E-state index is 14.2. The summed E-state index contributed by atoms with van der Waals surface area (Å²) in [5.74, 6) is -0.351. The molecule has 7 nitrogen and oxygen atoms in total. The second kappa shape index (κ2) is 9.47. The van der Waals surface area contributed by atoms with Crippen molar-refractivity contribution in [3.05, 3.63) is 106 Å². The molecule has 0 atom stereocenters. The predicted octanol–water partition coefficient (Wildman–Crippen LogP) is 5.35. The Kier molecular flexibility index (Phi) is 5.95. The summed E-state index contributed by atoms with van der Waals surface area (Å²) in [6.07, 6.45) is 4.42. The van der Waals surface area contributed by atoms with Crippen molar-refractivity contribution in [1.29, 1.82) is 0 Å². The molecule has 1 aliphatic carbocycles. The zero-order chi connectivity index (χ0) is 27.3. The standard InChI is InChI=1S/C31H25FN4O3/c1-3-12-39-19-10-11-21-18(13-19)14-23-27(21)24(15-34-29(23)30(33)37)20-6-5-9-26(17(20)2)36-16-35-28-22(31(36)38)7-4-8-25(28)32/h4-11,13,15-16H,3,12,14H2,1-2H3,(H2,33,37). The van der Waals surface area contributed by atoms with E-state index in [0.717, 1.165) is 51.1 Å². The van der Waals surface area contributed by atoms with Crippen LogP contribution in [0.4, 0.5) is 4.39 Å². The molecule has 2 N–H and O–H groups in total. The number of aromatic nitrogens is 3. The van der Waals surface area contributed by atoms with Crippen LogP contribution in [-0.2, 0) is 6.42 Å². The lowest BCUT2D eigenvalue weighted by molar-refractivity contribution is 0.0995. The van der Waals surface area contributed by atoms with Gasteiger partial charge in [-0.3, -0.25) is 19.1 Å². The quantitative estimate of drug-likeness (QED) is 0.319. The highest BCUT2D eigenvalue weighted by Crippen LogP contribution is 2.45. The number of ether oxygens (including phenoxy) is 1. The monoisotopic (exact) mass is 520 g/mol. The summed E-state index contributed by atoms with van der Waals surface area (Å²) in [4.78, 5) is 34.3. The summed E-state index contributed by atoms with van der Waals surface area (Å²) in [7, 11) is 0. The number of benzene rings is 3. The number of carbonyl (C=O) groups excluding carboxylic acids is 1. The van der Waals surface area contributed by atoms with Crippen LogP contribution in [0.2, 0.25) is 0 Å². The molecule has 0 radical (unpaired) electrons. The number of pyridine rings is 1. The molecule has 0 spiro atoms. The maximum Gasteiger partial charge on any atom is 0.267 e. The minimum absolute atomic E-state index is 0.0375. The van der Waals surface area contributed by atoms with E-state index in [0.29, 0.717) is 18.7 Å². The smallest absolute Gasteiger partial charge is 0.267 e. The fourth-order valence-corrected chi connectivity index (χ4v) is 5.37. The number of primary amides is 1. The lowest BCUT2D eigenvalue weighted by atomic mass is 9.92. The van der Waals surface area contributed by atoms with Crippen LogP contribution in [0.1, 0.15) is 40.5 Å². The second-order valence-corrected chi connectivity index (χ2v) is 9.59. The van der Waals surface area contributed by atoms with Gasteiger partial charge in [-0.15, -0.1) is 0 Å². The summed E-state index contributed by atoms with van der Waals surface area (Å²) in [6, 6.07) is 15.9. The van der Waals surface area contributed by atoms with Crippen LogP contribution in [0.3, 0.4) is 0 Å². The second-order valence-electron chi connectivity index (χ2n) is 9.59. The molecule has 0 aliphatic heterocycles. The van der Waals surface area contributed by atoms with E-state index in [1.54, 1.807) is 12.3 Å². The lowest BCUT2D eigenvalue weighted by Gasteiger charge is -2.17. The summed E-state index contributed by atoms with van der Waals surface area (Å²) in [5, 5.41) is 0.200. The van der Waals surface area contributed by atoms with Crippen molar-refractivity contribution in [2.75, 3.05) is 6.61 Å². The predicted molar refractivity (Wildman–Crippen MR) is 148 cm³/mol. The number of halogens is 1. The molecule has 3 aromatic carbocycles. The van der Waals surface area contributed by atoms with Crippen LogP contribution >= 0.6 is 0 Å². The maximum atomic E-state index is 14.2. The average Bonchev–Trinajstić information content (AvgIpc) is 3.31. The van der Waals surface area contributed by atoms with Gasteiger partial charge in [-0.1, -0.05) is 31.2 Å². The van der Waals surface area contributed by atoms with Crippen LogP contribution in [0.5, 0.6) is 5.75 Å². The van der Waals surface area contributed by atoms with Gasteiger partial charge in [-0.2, -0.15) is 0 Å². The number of hydrogen-bond acceptors (Lipinski definition) is 5. The van der Waals surface area contributed by atoms with E-state index in [4.69, 9.17) is 10.5 Å². The number of rotatable bonds is 6. The van der Waals surface area contributed by atoms with Crippen molar-refractivity contribution >= 4 is 16.8 Å². The van der Waals surface area contributed by atoms with Crippen LogP contribution in [0, 0.1) is 12.7 Å². The van der Waals surface area contributed by atoms with E-state index >= 15 is 0 Å². The Morgan fingerprint density at radius 2 is 1.90 bits per heavy atom. The molecule has 0 saturated heterocycles. The first-order chi connectivity index (χ1) is 18.9. The van der Waals surface area contributed by atoms with Gasteiger partial charge >= 0.3 is 0 Å². The van der Waals surface area contributed by atoms with Crippen LogP contribution in [0.25, 0.3) is 38.8 Å². The molecule has 0 unspecified atom stereocenters. The molecular weight excluding hydrogens is 495 g/mol.